The number of carbonyl (C=O) groups excluding carboxylic acids is 1. The summed E-state index contributed by atoms with van der Waals surface area (Å²) in [6, 6.07) is 17.0. The Morgan fingerprint density at radius 2 is 1.69 bits per heavy atom. The van der Waals surface area contributed by atoms with E-state index in [1.165, 1.54) is 0 Å². The van der Waals surface area contributed by atoms with Gasteiger partial charge < -0.3 is 10.2 Å². The van der Waals surface area contributed by atoms with Crippen molar-refractivity contribution < 1.29 is 13.2 Å². The van der Waals surface area contributed by atoms with Crippen LogP contribution in [0.4, 0.5) is 5.13 Å². The van der Waals surface area contributed by atoms with Gasteiger partial charge in [0.2, 0.25) is 15.9 Å². The van der Waals surface area contributed by atoms with Gasteiger partial charge in [0.1, 0.15) is 0 Å². The Labute approximate surface area is 191 Å². The van der Waals surface area contributed by atoms with Crippen molar-refractivity contribution in [3.05, 3.63) is 65.5 Å². The third-order valence-corrected chi connectivity index (χ3v) is 8.85. The second kappa shape index (κ2) is 8.65. The van der Waals surface area contributed by atoms with Gasteiger partial charge in [0.15, 0.2) is 5.13 Å². The Kier molecular flexibility index (Phi) is 5.71. The highest BCUT2D eigenvalue weighted by molar-refractivity contribution is 7.89. The van der Waals surface area contributed by atoms with Gasteiger partial charge in [0, 0.05) is 56.0 Å². The van der Waals surface area contributed by atoms with Gasteiger partial charge >= 0.3 is 0 Å². The molecule has 7 nitrogen and oxygen atoms in total. The number of amides is 1. The highest BCUT2D eigenvalue weighted by Gasteiger charge is 2.30. The number of nitrogens with one attached hydrogen (secondary N) is 1. The molecule has 2 aromatic carbocycles. The molecule has 32 heavy (non-hydrogen) atoms. The molecule has 2 aliphatic heterocycles. The average Bonchev–Trinajstić information content (AvgIpc) is 3.50. The first-order valence-corrected chi connectivity index (χ1v) is 13.0. The van der Waals surface area contributed by atoms with E-state index in [0.29, 0.717) is 44.0 Å². The number of carbonyl (C=O) groups is 1. The van der Waals surface area contributed by atoms with Gasteiger partial charge in [-0.25, -0.2) is 13.4 Å². The molecular formula is C23H24N4O3S2. The number of piperazine rings is 1. The summed E-state index contributed by atoms with van der Waals surface area (Å²) < 4.78 is 27.8. The predicted molar refractivity (Wildman–Crippen MR) is 125 cm³/mol. The number of anilines is 1. The first-order valence-electron chi connectivity index (χ1n) is 10.6. The summed E-state index contributed by atoms with van der Waals surface area (Å²) in [7, 11) is -3.55. The predicted octanol–water partition coefficient (Wildman–Crippen LogP) is 2.92. The number of thiazole rings is 1. The van der Waals surface area contributed by atoms with Crippen LogP contribution in [0.3, 0.4) is 0 Å². The Hall–Kier alpha value is -2.75. The second-order valence-electron chi connectivity index (χ2n) is 8.05. The number of hydrogen-bond donors (Lipinski definition) is 1. The minimum absolute atomic E-state index is 0.0423. The molecular weight excluding hydrogens is 444 g/mol. The highest BCUT2D eigenvalue weighted by atomic mass is 32.2. The SMILES string of the molecule is O=C1C[C@H](c2ccc(S(=O)(=O)N3CCN(c4nc(-c5ccccc5)cs4)CC3)cc2)CN1. The Balaban J connectivity index is 1.24. The molecule has 2 aliphatic rings. The number of nitrogens with zero attached hydrogens (tertiary/aromatic N) is 3. The fourth-order valence-electron chi connectivity index (χ4n) is 4.17. The van der Waals surface area contributed by atoms with E-state index in [4.69, 9.17) is 4.98 Å². The molecule has 0 spiro atoms. The first-order chi connectivity index (χ1) is 15.5. The molecule has 2 saturated heterocycles. The molecule has 166 valence electrons. The molecule has 5 rings (SSSR count). The molecule has 0 unspecified atom stereocenters. The van der Waals surface area contributed by atoms with Crippen LogP contribution in [-0.4, -0.2) is 56.3 Å². The van der Waals surface area contributed by atoms with E-state index >= 15 is 0 Å². The molecule has 2 fully saturated rings. The normalized spacial score (nSPS) is 19.8. The zero-order valence-electron chi connectivity index (χ0n) is 17.5. The molecule has 1 N–H and O–H groups in total. The lowest BCUT2D eigenvalue weighted by Gasteiger charge is -2.33. The summed E-state index contributed by atoms with van der Waals surface area (Å²) in [4.78, 5) is 18.6. The maximum absolute atomic E-state index is 13.1. The van der Waals surface area contributed by atoms with Crippen LogP contribution in [0, 0.1) is 0 Å². The molecule has 3 aromatic rings. The van der Waals surface area contributed by atoms with Crippen molar-refractivity contribution in [1.29, 1.82) is 0 Å². The van der Waals surface area contributed by atoms with E-state index in [1.54, 1.807) is 27.8 Å². The lowest BCUT2D eigenvalue weighted by atomic mass is 9.99. The number of benzene rings is 2. The van der Waals surface area contributed by atoms with Crippen LogP contribution in [-0.2, 0) is 14.8 Å². The van der Waals surface area contributed by atoms with Crippen molar-refractivity contribution in [1.82, 2.24) is 14.6 Å². The second-order valence-corrected chi connectivity index (χ2v) is 10.8. The quantitative estimate of drug-likeness (QED) is 0.623. The van der Waals surface area contributed by atoms with Crippen molar-refractivity contribution in [2.45, 2.75) is 17.2 Å². The standard InChI is InChI=1S/C23H24N4O3S2/c28-22-14-19(15-24-22)17-6-8-20(9-7-17)32(29,30)27-12-10-26(11-13-27)23-25-21(16-31-23)18-4-2-1-3-5-18/h1-9,16,19H,10-15H2,(H,24,28)/t19-/m0/s1. The van der Waals surface area contributed by atoms with Crippen molar-refractivity contribution in [3.63, 3.8) is 0 Å². The summed E-state index contributed by atoms with van der Waals surface area (Å²) in [5.74, 6) is 0.155. The summed E-state index contributed by atoms with van der Waals surface area (Å²) >= 11 is 1.59. The molecule has 3 heterocycles. The third-order valence-electron chi connectivity index (χ3n) is 6.04. The van der Waals surface area contributed by atoms with E-state index < -0.39 is 10.0 Å². The molecule has 9 heteroatoms. The lowest BCUT2D eigenvalue weighted by Crippen LogP contribution is -2.48. The van der Waals surface area contributed by atoms with Gasteiger partial charge in [-0.05, 0) is 17.7 Å². The van der Waals surface area contributed by atoms with E-state index in [1.807, 2.05) is 47.8 Å². The molecule has 0 aliphatic carbocycles. The van der Waals surface area contributed by atoms with Gasteiger partial charge in [0.05, 0.1) is 10.6 Å². The largest absolute Gasteiger partial charge is 0.355 e. The van der Waals surface area contributed by atoms with Crippen LogP contribution in [0.2, 0.25) is 0 Å². The van der Waals surface area contributed by atoms with Crippen molar-refractivity contribution in [3.8, 4) is 11.3 Å². The van der Waals surface area contributed by atoms with Gasteiger partial charge in [-0.1, -0.05) is 42.5 Å². The zero-order chi connectivity index (χ0) is 22.1. The van der Waals surface area contributed by atoms with Crippen molar-refractivity contribution >= 4 is 32.4 Å². The van der Waals surface area contributed by atoms with E-state index in [0.717, 1.165) is 22.0 Å². The van der Waals surface area contributed by atoms with Crippen molar-refractivity contribution in [2.24, 2.45) is 0 Å². The minimum Gasteiger partial charge on any atom is -0.355 e. The Morgan fingerprint density at radius 1 is 0.969 bits per heavy atom. The van der Waals surface area contributed by atoms with Gasteiger partial charge in [0.25, 0.3) is 0 Å². The Bertz CT molecular complexity index is 1200. The molecule has 1 atom stereocenters. The highest BCUT2D eigenvalue weighted by Crippen LogP contribution is 2.29. The van der Waals surface area contributed by atoms with Crippen LogP contribution in [0.1, 0.15) is 17.9 Å². The smallest absolute Gasteiger partial charge is 0.243 e. The van der Waals surface area contributed by atoms with Crippen LogP contribution < -0.4 is 10.2 Å². The summed E-state index contributed by atoms with van der Waals surface area (Å²) in [6.07, 6.45) is 0.455. The summed E-state index contributed by atoms with van der Waals surface area (Å²) in [6.45, 7) is 2.66. The number of sulfonamides is 1. The Morgan fingerprint density at radius 3 is 2.34 bits per heavy atom. The van der Waals surface area contributed by atoms with Crippen LogP contribution >= 0.6 is 11.3 Å². The molecule has 0 radical (unpaired) electrons. The molecule has 1 aromatic heterocycles. The number of aromatic nitrogens is 1. The summed E-state index contributed by atoms with van der Waals surface area (Å²) in [5.41, 5.74) is 3.02. The van der Waals surface area contributed by atoms with E-state index in [9.17, 15) is 13.2 Å². The fourth-order valence-corrected chi connectivity index (χ4v) is 6.48. The van der Waals surface area contributed by atoms with Crippen molar-refractivity contribution in [2.75, 3.05) is 37.6 Å². The zero-order valence-corrected chi connectivity index (χ0v) is 19.1. The summed E-state index contributed by atoms with van der Waals surface area (Å²) in [5, 5.41) is 5.78. The maximum Gasteiger partial charge on any atom is 0.243 e. The van der Waals surface area contributed by atoms with Crippen LogP contribution in [0.15, 0.2) is 64.9 Å². The maximum atomic E-state index is 13.1. The van der Waals surface area contributed by atoms with E-state index in [-0.39, 0.29) is 11.8 Å². The van der Waals surface area contributed by atoms with Crippen LogP contribution in [0.5, 0.6) is 0 Å². The van der Waals surface area contributed by atoms with Crippen LogP contribution in [0.25, 0.3) is 11.3 Å². The third kappa shape index (κ3) is 4.15. The number of hydrogen-bond acceptors (Lipinski definition) is 6. The monoisotopic (exact) mass is 468 g/mol. The fraction of sp³-hybridized carbons (Fsp3) is 0.304. The molecule has 0 saturated carbocycles. The van der Waals surface area contributed by atoms with E-state index in [2.05, 4.69) is 10.2 Å². The topological polar surface area (TPSA) is 82.6 Å². The number of rotatable bonds is 5. The average molecular weight is 469 g/mol. The van der Waals surface area contributed by atoms with Gasteiger partial charge in [-0.15, -0.1) is 11.3 Å². The molecule has 1 amide bonds. The van der Waals surface area contributed by atoms with Gasteiger partial charge in [-0.3, -0.25) is 4.79 Å². The first kappa shape index (κ1) is 21.1. The van der Waals surface area contributed by atoms with Gasteiger partial charge in [-0.2, -0.15) is 4.31 Å². The minimum atomic E-state index is -3.55. The lowest BCUT2D eigenvalue weighted by molar-refractivity contribution is -0.119. The molecule has 0 bridgehead atoms.